The molecule has 1 aliphatic rings. The molecule has 1 saturated heterocycles. The SMILES string of the molecule is CCCCCCCCNCC1(O)CCN(C(=O)OC(C)(C)C)CC1. The van der Waals surface area contributed by atoms with E-state index in [1.165, 1.54) is 38.5 Å². The topological polar surface area (TPSA) is 61.8 Å². The minimum absolute atomic E-state index is 0.274. The zero-order valence-corrected chi connectivity index (χ0v) is 16.2. The lowest BCUT2D eigenvalue weighted by molar-refractivity contribution is -0.0308. The highest BCUT2D eigenvalue weighted by molar-refractivity contribution is 5.68. The molecule has 0 aromatic rings. The largest absolute Gasteiger partial charge is 0.444 e. The number of carbonyl (C=O) groups is 1. The van der Waals surface area contributed by atoms with Crippen LogP contribution in [0.1, 0.15) is 79.1 Å². The van der Waals surface area contributed by atoms with Crippen LogP contribution in [0, 0.1) is 0 Å². The van der Waals surface area contributed by atoms with E-state index in [9.17, 15) is 9.90 Å². The molecule has 0 bridgehead atoms. The van der Waals surface area contributed by atoms with Crippen LogP contribution < -0.4 is 5.32 Å². The third-order valence-corrected chi connectivity index (χ3v) is 4.51. The maximum Gasteiger partial charge on any atom is 0.410 e. The summed E-state index contributed by atoms with van der Waals surface area (Å²) in [5.41, 5.74) is -1.16. The van der Waals surface area contributed by atoms with Gasteiger partial charge in [0.2, 0.25) is 0 Å². The van der Waals surface area contributed by atoms with Gasteiger partial charge in [-0.2, -0.15) is 0 Å². The van der Waals surface area contributed by atoms with Crippen molar-refractivity contribution < 1.29 is 14.6 Å². The Bertz CT molecular complexity index is 358. The van der Waals surface area contributed by atoms with Gasteiger partial charge in [0.1, 0.15) is 5.60 Å². The molecule has 1 heterocycles. The van der Waals surface area contributed by atoms with Gasteiger partial charge in [0.25, 0.3) is 0 Å². The summed E-state index contributed by atoms with van der Waals surface area (Å²) in [6.45, 7) is 10.5. The van der Waals surface area contributed by atoms with Gasteiger partial charge in [0.05, 0.1) is 5.60 Å². The van der Waals surface area contributed by atoms with Crippen LogP contribution in [0.3, 0.4) is 0 Å². The molecule has 0 atom stereocenters. The van der Waals surface area contributed by atoms with Gasteiger partial charge in [0.15, 0.2) is 0 Å². The van der Waals surface area contributed by atoms with E-state index in [0.29, 0.717) is 32.5 Å². The van der Waals surface area contributed by atoms with E-state index < -0.39 is 11.2 Å². The lowest BCUT2D eigenvalue weighted by Crippen LogP contribution is -2.52. The highest BCUT2D eigenvalue weighted by Gasteiger charge is 2.34. The second-order valence-electron chi connectivity index (χ2n) is 8.14. The van der Waals surface area contributed by atoms with Gasteiger partial charge in [-0.25, -0.2) is 4.79 Å². The number of aliphatic hydroxyl groups is 1. The zero-order chi connectivity index (χ0) is 18.1. The first-order valence-corrected chi connectivity index (χ1v) is 9.67. The average molecular weight is 343 g/mol. The first kappa shape index (κ1) is 21.2. The summed E-state index contributed by atoms with van der Waals surface area (Å²) in [4.78, 5) is 13.7. The predicted molar refractivity (Wildman–Crippen MR) is 98.2 cm³/mol. The van der Waals surface area contributed by atoms with Crippen LogP contribution in [0.15, 0.2) is 0 Å². The Labute approximate surface area is 148 Å². The number of unbranched alkanes of at least 4 members (excludes halogenated alkanes) is 5. The van der Waals surface area contributed by atoms with E-state index in [-0.39, 0.29) is 6.09 Å². The summed E-state index contributed by atoms with van der Waals surface area (Å²) in [7, 11) is 0. The number of hydrogen-bond donors (Lipinski definition) is 2. The van der Waals surface area contributed by atoms with Gasteiger partial charge in [-0.05, 0) is 46.6 Å². The second kappa shape index (κ2) is 10.2. The van der Waals surface area contributed by atoms with Crippen LogP contribution in [0.4, 0.5) is 4.79 Å². The maximum atomic E-state index is 12.0. The van der Waals surface area contributed by atoms with Gasteiger partial charge in [0, 0.05) is 19.6 Å². The van der Waals surface area contributed by atoms with Crippen LogP contribution >= 0.6 is 0 Å². The van der Waals surface area contributed by atoms with Gasteiger partial charge >= 0.3 is 6.09 Å². The molecule has 1 amide bonds. The van der Waals surface area contributed by atoms with Crippen molar-refractivity contribution in [1.82, 2.24) is 10.2 Å². The standard InChI is InChI=1S/C19H38N2O3/c1-5-6-7-8-9-10-13-20-16-19(23)11-14-21(15-12-19)17(22)24-18(2,3)4/h20,23H,5-16H2,1-4H3. The van der Waals surface area contributed by atoms with Crippen LogP contribution in [0.25, 0.3) is 0 Å². The molecular formula is C19H38N2O3. The quantitative estimate of drug-likeness (QED) is 0.627. The zero-order valence-electron chi connectivity index (χ0n) is 16.2. The molecule has 0 radical (unpaired) electrons. The number of hydrogen-bond acceptors (Lipinski definition) is 4. The molecule has 24 heavy (non-hydrogen) atoms. The van der Waals surface area contributed by atoms with Crippen molar-refractivity contribution in [3.05, 3.63) is 0 Å². The molecule has 1 rings (SSSR count). The van der Waals surface area contributed by atoms with Crippen molar-refractivity contribution in [1.29, 1.82) is 0 Å². The Balaban J connectivity index is 2.15. The molecule has 1 aliphatic heterocycles. The molecule has 1 fully saturated rings. The van der Waals surface area contributed by atoms with Crippen LogP contribution in [0.5, 0.6) is 0 Å². The van der Waals surface area contributed by atoms with Gasteiger partial charge in [-0.15, -0.1) is 0 Å². The monoisotopic (exact) mass is 342 g/mol. The second-order valence-corrected chi connectivity index (χ2v) is 8.14. The van der Waals surface area contributed by atoms with Crippen molar-refractivity contribution in [3.8, 4) is 0 Å². The van der Waals surface area contributed by atoms with Gasteiger partial charge in [-0.3, -0.25) is 0 Å². The first-order chi connectivity index (χ1) is 11.3. The van der Waals surface area contributed by atoms with E-state index in [4.69, 9.17) is 4.74 Å². The fourth-order valence-corrected chi connectivity index (χ4v) is 2.96. The third kappa shape index (κ3) is 8.88. The fraction of sp³-hybridized carbons (Fsp3) is 0.947. The van der Waals surface area contributed by atoms with Gasteiger partial charge < -0.3 is 20.1 Å². The van der Waals surface area contributed by atoms with Crippen LogP contribution in [-0.2, 0) is 4.74 Å². The Morgan fingerprint density at radius 3 is 2.29 bits per heavy atom. The molecule has 5 heteroatoms. The van der Waals surface area contributed by atoms with E-state index in [2.05, 4.69) is 12.2 Å². The molecule has 0 aromatic carbocycles. The van der Waals surface area contributed by atoms with E-state index in [1.807, 2.05) is 20.8 Å². The average Bonchev–Trinajstić information content (AvgIpc) is 2.49. The summed E-state index contributed by atoms with van der Waals surface area (Å²) in [6.07, 6.45) is 8.63. The molecule has 2 N–H and O–H groups in total. The highest BCUT2D eigenvalue weighted by Crippen LogP contribution is 2.23. The minimum Gasteiger partial charge on any atom is -0.444 e. The van der Waals surface area contributed by atoms with Crippen molar-refractivity contribution in [2.45, 2.75) is 90.3 Å². The van der Waals surface area contributed by atoms with Crippen molar-refractivity contribution in [2.24, 2.45) is 0 Å². The van der Waals surface area contributed by atoms with Crippen molar-refractivity contribution >= 4 is 6.09 Å². The Hall–Kier alpha value is -0.810. The van der Waals surface area contributed by atoms with E-state index in [0.717, 1.165) is 6.54 Å². The number of piperidine rings is 1. The molecule has 0 aromatic heterocycles. The van der Waals surface area contributed by atoms with Crippen LogP contribution in [0.2, 0.25) is 0 Å². The molecule has 0 unspecified atom stereocenters. The number of amides is 1. The molecule has 142 valence electrons. The number of likely N-dealkylation sites (tertiary alicyclic amines) is 1. The number of ether oxygens (including phenoxy) is 1. The number of nitrogens with one attached hydrogen (secondary N) is 1. The fourth-order valence-electron chi connectivity index (χ4n) is 2.96. The van der Waals surface area contributed by atoms with E-state index >= 15 is 0 Å². The number of carbonyl (C=O) groups excluding carboxylic acids is 1. The molecule has 0 aliphatic carbocycles. The van der Waals surface area contributed by atoms with Crippen LogP contribution in [-0.4, -0.2) is 53.5 Å². The number of nitrogens with zero attached hydrogens (tertiary/aromatic N) is 1. The van der Waals surface area contributed by atoms with Crippen molar-refractivity contribution in [3.63, 3.8) is 0 Å². The Morgan fingerprint density at radius 2 is 1.71 bits per heavy atom. The molecule has 0 spiro atoms. The minimum atomic E-state index is -0.694. The lowest BCUT2D eigenvalue weighted by Gasteiger charge is -2.38. The third-order valence-electron chi connectivity index (χ3n) is 4.51. The van der Waals surface area contributed by atoms with Gasteiger partial charge in [-0.1, -0.05) is 39.0 Å². The first-order valence-electron chi connectivity index (χ1n) is 9.67. The summed E-state index contributed by atoms with van der Waals surface area (Å²) < 4.78 is 5.39. The molecule has 5 nitrogen and oxygen atoms in total. The van der Waals surface area contributed by atoms with Crippen molar-refractivity contribution in [2.75, 3.05) is 26.2 Å². The van der Waals surface area contributed by atoms with E-state index in [1.54, 1.807) is 4.90 Å². The maximum absolute atomic E-state index is 12.0. The predicted octanol–water partition coefficient (Wildman–Crippen LogP) is 3.70. The summed E-state index contributed by atoms with van der Waals surface area (Å²) in [6, 6.07) is 0. The highest BCUT2D eigenvalue weighted by atomic mass is 16.6. The molecular weight excluding hydrogens is 304 g/mol. The Kier molecular flexibility index (Phi) is 9.06. The summed E-state index contributed by atoms with van der Waals surface area (Å²) >= 11 is 0. The normalized spacial score (nSPS) is 17.8. The molecule has 0 saturated carbocycles. The Morgan fingerprint density at radius 1 is 1.12 bits per heavy atom. The smallest absolute Gasteiger partial charge is 0.410 e. The summed E-state index contributed by atoms with van der Waals surface area (Å²) in [5, 5.41) is 14.0. The summed E-state index contributed by atoms with van der Waals surface area (Å²) in [5.74, 6) is 0. The number of rotatable bonds is 9. The lowest BCUT2D eigenvalue weighted by atomic mass is 9.91.